The van der Waals surface area contributed by atoms with Gasteiger partial charge in [-0.3, -0.25) is 4.79 Å². The lowest BCUT2D eigenvalue weighted by molar-refractivity contribution is 0.0694. The number of aryl methyl sites for hydroxylation is 1. The molecule has 1 aliphatic heterocycles. The summed E-state index contributed by atoms with van der Waals surface area (Å²) in [6, 6.07) is 3.90. The quantitative estimate of drug-likeness (QED) is 0.819. The van der Waals surface area contributed by atoms with E-state index < -0.39 is 10.0 Å². The molecule has 1 heterocycles. The van der Waals surface area contributed by atoms with Gasteiger partial charge in [0.25, 0.3) is 5.91 Å². The van der Waals surface area contributed by atoms with Gasteiger partial charge in [-0.05, 0) is 24.0 Å². The van der Waals surface area contributed by atoms with E-state index in [-0.39, 0.29) is 11.3 Å². The summed E-state index contributed by atoms with van der Waals surface area (Å²) >= 11 is 0. The zero-order valence-electron chi connectivity index (χ0n) is 15.9. The second-order valence-electron chi connectivity index (χ2n) is 7.60. The van der Waals surface area contributed by atoms with E-state index in [1.54, 1.807) is 12.0 Å². The van der Waals surface area contributed by atoms with E-state index in [9.17, 15) is 13.2 Å². The molecule has 1 fully saturated rings. The average Bonchev–Trinajstić information content (AvgIpc) is 2.51. The minimum Gasteiger partial charge on any atom is -0.496 e. The van der Waals surface area contributed by atoms with Crippen molar-refractivity contribution in [1.29, 1.82) is 0 Å². The third-order valence-corrected chi connectivity index (χ3v) is 5.77. The van der Waals surface area contributed by atoms with Crippen LogP contribution in [0, 0.1) is 6.92 Å². The van der Waals surface area contributed by atoms with E-state index >= 15 is 0 Å². The minimum atomic E-state index is -3.21. The number of nitrogens with zero attached hydrogens (tertiary/aromatic N) is 2. The normalized spacial score (nSPS) is 16.8. The third-order valence-electron chi connectivity index (χ3n) is 4.47. The Labute approximate surface area is 150 Å². The molecule has 0 N–H and O–H groups in total. The molecular weight excluding hydrogens is 340 g/mol. The van der Waals surface area contributed by atoms with E-state index in [0.717, 1.165) is 11.1 Å². The fourth-order valence-electron chi connectivity index (χ4n) is 3.10. The van der Waals surface area contributed by atoms with Gasteiger partial charge in [0, 0.05) is 31.7 Å². The molecule has 1 saturated heterocycles. The number of hydrogen-bond donors (Lipinski definition) is 0. The van der Waals surface area contributed by atoms with Crippen LogP contribution in [-0.2, 0) is 15.4 Å². The fraction of sp³-hybridized carbons (Fsp3) is 0.611. The molecule has 2 rings (SSSR count). The van der Waals surface area contributed by atoms with Gasteiger partial charge in [0.2, 0.25) is 10.0 Å². The van der Waals surface area contributed by atoms with Crippen molar-refractivity contribution in [3.8, 4) is 5.75 Å². The second kappa shape index (κ2) is 6.96. The topological polar surface area (TPSA) is 66.9 Å². The molecule has 140 valence electrons. The molecule has 0 radical (unpaired) electrons. The van der Waals surface area contributed by atoms with Gasteiger partial charge in [0.1, 0.15) is 5.75 Å². The summed E-state index contributed by atoms with van der Waals surface area (Å²) in [4.78, 5) is 14.7. The molecule has 0 unspecified atom stereocenters. The van der Waals surface area contributed by atoms with Crippen molar-refractivity contribution in [1.82, 2.24) is 9.21 Å². The second-order valence-corrected chi connectivity index (χ2v) is 9.58. The number of piperazine rings is 1. The Morgan fingerprint density at radius 1 is 1.12 bits per heavy atom. The smallest absolute Gasteiger partial charge is 0.257 e. The van der Waals surface area contributed by atoms with Gasteiger partial charge in [-0.1, -0.05) is 26.8 Å². The largest absolute Gasteiger partial charge is 0.496 e. The first kappa shape index (κ1) is 19.7. The van der Waals surface area contributed by atoms with Gasteiger partial charge >= 0.3 is 0 Å². The highest BCUT2D eigenvalue weighted by Crippen LogP contribution is 2.35. The number of rotatable bonds is 3. The Kier molecular flexibility index (Phi) is 5.49. The number of methoxy groups -OCH3 is 1. The summed E-state index contributed by atoms with van der Waals surface area (Å²) < 4.78 is 30.3. The molecule has 25 heavy (non-hydrogen) atoms. The van der Waals surface area contributed by atoms with Gasteiger partial charge in [0.15, 0.2) is 0 Å². The van der Waals surface area contributed by atoms with Crippen molar-refractivity contribution in [3.63, 3.8) is 0 Å². The number of benzene rings is 1. The zero-order valence-corrected chi connectivity index (χ0v) is 16.7. The highest BCUT2D eigenvalue weighted by Gasteiger charge is 2.30. The van der Waals surface area contributed by atoms with Crippen LogP contribution in [0.25, 0.3) is 0 Å². The molecular formula is C18H28N2O4S. The molecule has 7 heteroatoms. The van der Waals surface area contributed by atoms with E-state index in [1.807, 2.05) is 13.0 Å². The minimum absolute atomic E-state index is 0.112. The Balaban J connectivity index is 2.33. The van der Waals surface area contributed by atoms with Gasteiger partial charge in [0.05, 0.1) is 18.9 Å². The number of carbonyl (C=O) groups excluding carboxylic acids is 1. The Bertz CT molecular complexity index is 758. The highest BCUT2D eigenvalue weighted by molar-refractivity contribution is 7.88. The zero-order chi connectivity index (χ0) is 19.0. The number of ether oxygens (including phenoxy) is 1. The maximum Gasteiger partial charge on any atom is 0.257 e. The first-order chi connectivity index (χ1) is 11.4. The van der Waals surface area contributed by atoms with Crippen LogP contribution in [0.15, 0.2) is 12.1 Å². The van der Waals surface area contributed by atoms with Crippen molar-refractivity contribution in [3.05, 3.63) is 28.8 Å². The maximum absolute atomic E-state index is 13.0. The molecule has 0 bridgehead atoms. The van der Waals surface area contributed by atoms with Crippen LogP contribution in [0.2, 0.25) is 0 Å². The van der Waals surface area contributed by atoms with Gasteiger partial charge in [-0.2, -0.15) is 4.31 Å². The van der Waals surface area contributed by atoms with Crippen molar-refractivity contribution in [2.24, 2.45) is 0 Å². The third kappa shape index (κ3) is 4.33. The Morgan fingerprint density at radius 3 is 2.12 bits per heavy atom. The summed E-state index contributed by atoms with van der Waals surface area (Å²) in [7, 11) is -1.63. The number of sulfonamides is 1. The highest BCUT2D eigenvalue weighted by atomic mass is 32.2. The van der Waals surface area contributed by atoms with E-state index in [0.29, 0.717) is 37.5 Å². The van der Waals surface area contributed by atoms with E-state index in [4.69, 9.17) is 4.74 Å². The summed E-state index contributed by atoms with van der Waals surface area (Å²) in [6.45, 7) is 9.64. The molecule has 0 atom stereocenters. The van der Waals surface area contributed by atoms with Crippen molar-refractivity contribution in [2.75, 3.05) is 39.5 Å². The predicted molar refractivity (Wildman–Crippen MR) is 98.8 cm³/mol. The molecule has 1 amide bonds. The monoisotopic (exact) mass is 368 g/mol. The fourth-order valence-corrected chi connectivity index (χ4v) is 3.93. The molecule has 1 aromatic carbocycles. The number of hydrogen-bond acceptors (Lipinski definition) is 4. The van der Waals surface area contributed by atoms with Crippen molar-refractivity contribution >= 4 is 15.9 Å². The predicted octanol–water partition coefficient (Wildman–Crippen LogP) is 2.02. The van der Waals surface area contributed by atoms with E-state index in [2.05, 4.69) is 26.8 Å². The summed E-state index contributed by atoms with van der Waals surface area (Å²) in [5, 5.41) is 0. The SMILES string of the molecule is COc1c(C(=O)N2CCN(S(C)(=O)=O)CC2)cc(C)cc1C(C)(C)C. The summed E-state index contributed by atoms with van der Waals surface area (Å²) in [5.41, 5.74) is 2.39. The van der Waals surface area contributed by atoms with Gasteiger partial charge < -0.3 is 9.64 Å². The molecule has 0 aliphatic carbocycles. The lowest BCUT2D eigenvalue weighted by Crippen LogP contribution is -2.50. The Hall–Kier alpha value is -1.60. The van der Waals surface area contributed by atoms with Crippen LogP contribution in [0.1, 0.15) is 42.3 Å². The molecule has 0 spiro atoms. The van der Waals surface area contributed by atoms with Crippen molar-refractivity contribution in [2.45, 2.75) is 33.1 Å². The molecule has 6 nitrogen and oxygen atoms in total. The summed E-state index contributed by atoms with van der Waals surface area (Å²) in [5.74, 6) is 0.493. The van der Waals surface area contributed by atoms with Crippen LogP contribution in [-0.4, -0.2) is 63.1 Å². The molecule has 0 saturated carbocycles. The molecule has 1 aliphatic rings. The van der Waals surface area contributed by atoms with Crippen LogP contribution in [0.5, 0.6) is 5.75 Å². The Morgan fingerprint density at radius 2 is 1.68 bits per heavy atom. The number of amides is 1. The van der Waals surface area contributed by atoms with Crippen LogP contribution in [0.4, 0.5) is 0 Å². The number of carbonyl (C=O) groups is 1. The molecule has 0 aromatic heterocycles. The van der Waals surface area contributed by atoms with Crippen molar-refractivity contribution < 1.29 is 17.9 Å². The maximum atomic E-state index is 13.0. The average molecular weight is 368 g/mol. The standard InChI is InChI=1S/C18H28N2O4S/c1-13-11-14(16(24-5)15(12-13)18(2,3)4)17(21)19-7-9-20(10-8-19)25(6,22)23/h11-12H,7-10H2,1-6H3. The van der Waals surface area contributed by atoms with Gasteiger partial charge in [-0.25, -0.2) is 8.42 Å². The lowest BCUT2D eigenvalue weighted by Gasteiger charge is -2.34. The van der Waals surface area contributed by atoms with Gasteiger partial charge in [-0.15, -0.1) is 0 Å². The first-order valence-corrected chi connectivity index (χ1v) is 10.2. The van der Waals surface area contributed by atoms with Crippen LogP contribution in [0.3, 0.4) is 0 Å². The molecule has 1 aromatic rings. The van der Waals surface area contributed by atoms with Crippen LogP contribution < -0.4 is 4.74 Å². The summed E-state index contributed by atoms with van der Waals surface area (Å²) in [6.07, 6.45) is 1.20. The lowest BCUT2D eigenvalue weighted by atomic mass is 9.84. The van der Waals surface area contributed by atoms with Crippen LogP contribution >= 0.6 is 0 Å². The first-order valence-electron chi connectivity index (χ1n) is 8.38. The van der Waals surface area contributed by atoms with E-state index in [1.165, 1.54) is 10.6 Å².